The molecule has 0 heterocycles. The lowest BCUT2D eigenvalue weighted by molar-refractivity contribution is 0.121. The van der Waals surface area contributed by atoms with Crippen LogP contribution in [0.1, 0.15) is 58.8 Å². The first kappa shape index (κ1) is 16.9. The third-order valence-electron chi connectivity index (χ3n) is 4.46. The first-order valence-electron chi connectivity index (χ1n) is 8.24. The number of rotatable bonds is 10. The Morgan fingerprint density at radius 1 is 1.21 bits per heavy atom. The van der Waals surface area contributed by atoms with Crippen molar-refractivity contribution < 1.29 is 4.74 Å². The second-order valence-electron chi connectivity index (χ2n) is 5.93. The molecule has 0 spiro atoms. The van der Waals surface area contributed by atoms with Crippen molar-refractivity contribution >= 4 is 0 Å². The van der Waals surface area contributed by atoms with Crippen LogP contribution in [0.25, 0.3) is 0 Å². The molecule has 0 aliphatic heterocycles. The van der Waals surface area contributed by atoms with Crippen LogP contribution in [0.3, 0.4) is 0 Å². The van der Waals surface area contributed by atoms with Crippen molar-refractivity contribution in [3.63, 3.8) is 0 Å². The first-order valence-corrected chi connectivity index (χ1v) is 8.24. The van der Waals surface area contributed by atoms with E-state index >= 15 is 0 Å². The first-order chi connectivity index (χ1) is 9.27. The summed E-state index contributed by atoms with van der Waals surface area (Å²) >= 11 is 0. The van der Waals surface area contributed by atoms with Crippen LogP contribution in [0.2, 0.25) is 0 Å². The van der Waals surface area contributed by atoms with Gasteiger partial charge in [0.2, 0.25) is 0 Å². The molecular weight excluding hydrogens is 236 g/mol. The van der Waals surface area contributed by atoms with Crippen LogP contribution in [0.15, 0.2) is 0 Å². The van der Waals surface area contributed by atoms with Crippen molar-refractivity contribution in [3.8, 4) is 0 Å². The van der Waals surface area contributed by atoms with Gasteiger partial charge in [-0.1, -0.05) is 26.2 Å². The highest BCUT2D eigenvalue weighted by molar-refractivity contribution is 4.72. The Hall–Kier alpha value is -0.120. The van der Waals surface area contributed by atoms with Gasteiger partial charge in [0.05, 0.1) is 6.61 Å². The van der Waals surface area contributed by atoms with Crippen LogP contribution in [0.4, 0.5) is 0 Å². The minimum Gasteiger partial charge on any atom is -0.383 e. The summed E-state index contributed by atoms with van der Waals surface area (Å²) in [5, 5.41) is 3.73. The number of nitrogens with zero attached hydrogens (tertiary/aromatic N) is 1. The van der Waals surface area contributed by atoms with Gasteiger partial charge in [0, 0.05) is 25.7 Å². The Morgan fingerprint density at radius 2 is 1.95 bits per heavy atom. The SMILES string of the molecule is CCC(C)N(CCCNC1CCCCC1)CCOC. The second-order valence-corrected chi connectivity index (χ2v) is 5.93. The van der Waals surface area contributed by atoms with Crippen molar-refractivity contribution in [2.45, 2.75) is 70.9 Å². The third kappa shape index (κ3) is 7.28. The molecule has 1 atom stereocenters. The average Bonchev–Trinajstić information content (AvgIpc) is 2.47. The summed E-state index contributed by atoms with van der Waals surface area (Å²) in [6.07, 6.45) is 9.54. The molecule has 1 aliphatic rings. The van der Waals surface area contributed by atoms with E-state index < -0.39 is 0 Å². The normalized spacial score (nSPS) is 18.9. The van der Waals surface area contributed by atoms with E-state index in [-0.39, 0.29) is 0 Å². The zero-order valence-electron chi connectivity index (χ0n) is 13.3. The predicted octanol–water partition coefficient (Wildman–Crippen LogP) is 3.05. The molecule has 114 valence electrons. The maximum Gasteiger partial charge on any atom is 0.0589 e. The molecule has 0 aromatic heterocycles. The van der Waals surface area contributed by atoms with Crippen LogP contribution in [-0.2, 0) is 4.74 Å². The van der Waals surface area contributed by atoms with Gasteiger partial charge in [0.1, 0.15) is 0 Å². The third-order valence-corrected chi connectivity index (χ3v) is 4.46. The summed E-state index contributed by atoms with van der Waals surface area (Å²) in [5.74, 6) is 0. The molecule has 1 rings (SSSR count). The van der Waals surface area contributed by atoms with E-state index in [1.165, 1.54) is 58.0 Å². The summed E-state index contributed by atoms with van der Waals surface area (Å²) in [4.78, 5) is 2.56. The van der Waals surface area contributed by atoms with Gasteiger partial charge in [0.15, 0.2) is 0 Å². The zero-order valence-corrected chi connectivity index (χ0v) is 13.3. The molecule has 1 unspecified atom stereocenters. The van der Waals surface area contributed by atoms with Crippen LogP contribution in [-0.4, -0.2) is 50.3 Å². The second kappa shape index (κ2) is 10.6. The highest BCUT2D eigenvalue weighted by Crippen LogP contribution is 2.17. The van der Waals surface area contributed by atoms with Crippen molar-refractivity contribution in [3.05, 3.63) is 0 Å². The largest absolute Gasteiger partial charge is 0.383 e. The number of hydrogen-bond donors (Lipinski definition) is 1. The highest BCUT2D eigenvalue weighted by atomic mass is 16.5. The molecule has 0 aromatic carbocycles. The van der Waals surface area contributed by atoms with Gasteiger partial charge in [0.25, 0.3) is 0 Å². The molecule has 0 amide bonds. The summed E-state index contributed by atoms with van der Waals surface area (Å²) in [6, 6.07) is 1.47. The van der Waals surface area contributed by atoms with Gasteiger partial charge in [-0.3, -0.25) is 4.90 Å². The van der Waals surface area contributed by atoms with Gasteiger partial charge < -0.3 is 10.1 Å². The summed E-state index contributed by atoms with van der Waals surface area (Å²) in [5.41, 5.74) is 0. The molecule has 0 radical (unpaired) electrons. The summed E-state index contributed by atoms with van der Waals surface area (Å²) in [6.45, 7) is 8.87. The zero-order chi connectivity index (χ0) is 13.9. The summed E-state index contributed by atoms with van der Waals surface area (Å²) < 4.78 is 5.21. The Morgan fingerprint density at radius 3 is 2.58 bits per heavy atom. The Kier molecular flexibility index (Phi) is 9.48. The van der Waals surface area contributed by atoms with E-state index in [9.17, 15) is 0 Å². The number of hydrogen-bond acceptors (Lipinski definition) is 3. The lowest BCUT2D eigenvalue weighted by atomic mass is 9.95. The monoisotopic (exact) mass is 270 g/mol. The van der Waals surface area contributed by atoms with E-state index in [4.69, 9.17) is 4.74 Å². The van der Waals surface area contributed by atoms with Crippen LogP contribution in [0, 0.1) is 0 Å². The van der Waals surface area contributed by atoms with Crippen LogP contribution >= 0.6 is 0 Å². The van der Waals surface area contributed by atoms with Gasteiger partial charge in [-0.05, 0) is 45.7 Å². The smallest absolute Gasteiger partial charge is 0.0589 e. The van der Waals surface area contributed by atoms with Crippen molar-refractivity contribution in [1.29, 1.82) is 0 Å². The standard InChI is InChI=1S/C16H34N2O/c1-4-15(2)18(13-14-19-3)12-8-11-17-16-9-6-5-7-10-16/h15-17H,4-14H2,1-3H3. The quantitative estimate of drug-likeness (QED) is 0.618. The number of nitrogens with one attached hydrogen (secondary N) is 1. The molecule has 1 saturated carbocycles. The van der Waals surface area contributed by atoms with E-state index in [1.54, 1.807) is 7.11 Å². The van der Waals surface area contributed by atoms with Crippen LogP contribution in [0.5, 0.6) is 0 Å². The summed E-state index contributed by atoms with van der Waals surface area (Å²) in [7, 11) is 1.79. The van der Waals surface area contributed by atoms with Gasteiger partial charge in [-0.2, -0.15) is 0 Å². The topological polar surface area (TPSA) is 24.5 Å². The van der Waals surface area contributed by atoms with E-state index in [0.29, 0.717) is 6.04 Å². The van der Waals surface area contributed by atoms with Crippen molar-refractivity contribution in [2.75, 3.05) is 33.4 Å². The van der Waals surface area contributed by atoms with Crippen LogP contribution < -0.4 is 5.32 Å². The highest BCUT2D eigenvalue weighted by Gasteiger charge is 2.13. The lowest BCUT2D eigenvalue weighted by Gasteiger charge is -2.29. The Balaban J connectivity index is 2.12. The van der Waals surface area contributed by atoms with E-state index in [0.717, 1.165) is 19.2 Å². The maximum absolute atomic E-state index is 5.21. The molecule has 1 aliphatic carbocycles. The molecular formula is C16H34N2O. The fourth-order valence-corrected chi connectivity index (χ4v) is 2.91. The Bertz CT molecular complexity index is 205. The van der Waals surface area contributed by atoms with Gasteiger partial charge in [-0.25, -0.2) is 0 Å². The fraction of sp³-hybridized carbons (Fsp3) is 1.00. The van der Waals surface area contributed by atoms with Gasteiger partial charge in [-0.15, -0.1) is 0 Å². The molecule has 0 bridgehead atoms. The molecule has 1 N–H and O–H groups in total. The minimum atomic E-state index is 0.671. The fourth-order valence-electron chi connectivity index (χ4n) is 2.91. The number of methoxy groups -OCH3 is 1. The van der Waals surface area contributed by atoms with Crippen molar-refractivity contribution in [1.82, 2.24) is 10.2 Å². The van der Waals surface area contributed by atoms with E-state index in [1.807, 2.05) is 0 Å². The lowest BCUT2D eigenvalue weighted by Crippen LogP contribution is -2.38. The van der Waals surface area contributed by atoms with Crippen molar-refractivity contribution in [2.24, 2.45) is 0 Å². The number of ether oxygens (including phenoxy) is 1. The van der Waals surface area contributed by atoms with Gasteiger partial charge >= 0.3 is 0 Å². The van der Waals surface area contributed by atoms with E-state index in [2.05, 4.69) is 24.1 Å². The molecule has 0 aromatic rings. The maximum atomic E-state index is 5.21. The molecule has 3 nitrogen and oxygen atoms in total. The minimum absolute atomic E-state index is 0.671. The Labute approximate surface area is 120 Å². The molecule has 19 heavy (non-hydrogen) atoms. The molecule has 3 heteroatoms. The average molecular weight is 270 g/mol. The molecule has 0 saturated heterocycles. The predicted molar refractivity (Wildman–Crippen MR) is 82.7 cm³/mol. The molecule has 1 fully saturated rings.